The van der Waals surface area contributed by atoms with Gasteiger partial charge < -0.3 is 16.2 Å². The van der Waals surface area contributed by atoms with Gasteiger partial charge in [0.1, 0.15) is 11.5 Å². The number of hydrogen-bond acceptors (Lipinski definition) is 3. The van der Waals surface area contributed by atoms with Crippen LogP contribution in [0.5, 0.6) is 11.5 Å². The van der Waals surface area contributed by atoms with Crippen LogP contribution in [0.15, 0.2) is 42.5 Å². The molecule has 0 aliphatic rings. The highest BCUT2D eigenvalue weighted by Gasteiger charge is 2.06. The molecule has 92 valence electrons. The van der Waals surface area contributed by atoms with Gasteiger partial charge in [0.05, 0.1) is 5.69 Å². The second kappa shape index (κ2) is 4.98. The number of primary amides is 1. The molecular formula is C13H11ClN2O2. The van der Waals surface area contributed by atoms with E-state index in [4.69, 9.17) is 27.8 Å². The molecule has 2 rings (SSSR count). The molecule has 2 aromatic rings. The summed E-state index contributed by atoms with van der Waals surface area (Å²) >= 11 is 5.77. The number of hydrogen-bond donors (Lipinski definition) is 2. The van der Waals surface area contributed by atoms with Crippen LogP contribution in [-0.2, 0) is 0 Å². The molecule has 0 saturated heterocycles. The number of amides is 1. The van der Waals surface area contributed by atoms with E-state index in [0.29, 0.717) is 27.8 Å². The van der Waals surface area contributed by atoms with E-state index >= 15 is 0 Å². The average Bonchev–Trinajstić information content (AvgIpc) is 2.34. The predicted octanol–water partition coefficient (Wildman–Crippen LogP) is 2.81. The summed E-state index contributed by atoms with van der Waals surface area (Å²) in [5.41, 5.74) is 11.6. The van der Waals surface area contributed by atoms with E-state index in [0.717, 1.165) is 0 Å². The van der Waals surface area contributed by atoms with Gasteiger partial charge in [-0.2, -0.15) is 0 Å². The van der Waals surface area contributed by atoms with Gasteiger partial charge in [-0.15, -0.1) is 0 Å². The molecule has 0 fully saturated rings. The smallest absolute Gasteiger partial charge is 0.248 e. The Kier molecular flexibility index (Phi) is 3.39. The SMILES string of the molecule is NC(=O)c1ccc(Oc2ccc(Cl)cc2)c(N)c1. The van der Waals surface area contributed by atoms with Crippen LogP contribution in [0.2, 0.25) is 5.02 Å². The minimum Gasteiger partial charge on any atom is -0.455 e. The molecule has 5 heteroatoms. The summed E-state index contributed by atoms with van der Waals surface area (Å²) in [7, 11) is 0. The van der Waals surface area contributed by atoms with Crippen LogP contribution in [0.25, 0.3) is 0 Å². The summed E-state index contributed by atoms with van der Waals surface area (Å²) in [6, 6.07) is 11.5. The highest BCUT2D eigenvalue weighted by molar-refractivity contribution is 6.30. The number of rotatable bonds is 3. The summed E-state index contributed by atoms with van der Waals surface area (Å²) in [6.07, 6.45) is 0. The summed E-state index contributed by atoms with van der Waals surface area (Å²) in [4.78, 5) is 11.0. The second-order valence-electron chi connectivity index (χ2n) is 3.67. The van der Waals surface area contributed by atoms with Crippen LogP contribution in [-0.4, -0.2) is 5.91 Å². The molecule has 0 aliphatic heterocycles. The lowest BCUT2D eigenvalue weighted by Crippen LogP contribution is -2.11. The van der Waals surface area contributed by atoms with E-state index in [2.05, 4.69) is 0 Å². The highest BCUT2D eigenvalue weighted by atomic mass is 35.5. The van der Waals surface area contributed by atoms with Crippen molar-refractivity contribution in [3.8, 4) is 11.5 Å². The monoisotopic (exact) mass is 262 g/mol. The third kappa shape index (κ3) is 2.73. The van der Waals surface area contributed by atoms with Crippen LogP contribution in [0.3, 0.4) is 0 Å². The van der Waals surface area contributed by atoms with E-state index in [9.17, 15) is 4.79 Å². The Bertz CT molecular complexity index is 582. The van der Waals surface area contributed by atoms with Gasteiger partial charge in [-0.25, -0.2) is 0 Å². The van der Waals surface area contributed by atoms with Gasteiger partial charge in [0.15, 0.2) is 0 Å². The third-order valence-corrected chi connectivity index (χ3v) is 2.59. The number of benzene rings is 2. The fourth-order valence-corrected chi connectivity index (χ4v) is 1.55. The van der Waals surface area contributed by atoms with Crippen molar-refractivity contribution >= 4 is 23.2 Å². The molecule has 0 heterocycles. The van der Waals surface area contributed by atoms with Gasteiger partial charge >= 0.3 is 0 Å². The molecule has 18 heavy (non-hydrogen) atoms. The van der Waals surface area contributed by atoms with Crippen LogP contribution in [0.4, 0.5) is 5.69 Å². The van der Waals surface area contributed by atoms with Crippen molar-refractivity contribution in [2.45, 2.75) is 0 Å². The Morgan fingerprint density at radius 3 is 2.33 bits per heavy atom. The fraction of sp³-hybridized carbons (Fsp3) is 0. The molecule has 0 unspecified atom stereocenters. The van der Waals surface area contributed by atoms with Gasteiger partial charge in [-0.05, 0) is 42.5 Å². The lowest BCUT2D eigenvalue weighted by atomic mass is 10.2. The molecule has 0 aliphatic carbocycles. The van der Waals surface area contributed by atoms with Gasteiger partial charge in [-0.1, -0.05) is 11.6 Å². The van der Waals surface area contributed by atoms with Gasteiger partial charge in [0.25, 0.3) is 0 Å². The molecule has 0 radical (unpaired) electrons. The van der Waals surface area contributed by atoms with Gasteiger partial charge in [0, 0.05) is 10.6 Å². The van der Waals surface area contributed by atoms with Crippen molar-refractivity contribution in [3.05, 3.63) is 53.1 Å². The summed E-state index contributed by atoms with van der Waals surface area (Å²) in [5.74, 6) is 0.542. The lowest BCUT2D eigenvalue weighted by Gasteiger charge is -2.09. The minimum absolute atomic E-state index is 0.343. The molecule has 2 aromatic carbocycles. The molecule has 0 saturated carbocycles. The van der Waals surface area contributed by atoms with Crippen LogP contribution < -0.4 is 16.2 Å². The number of carbonyl (C=O) groups is 1. The first kappa shape index (κ1) is 12.3. The Morgan fingerprint density at radius 2 is 1.78 bits per heavy atom. The zero-order valence-corrected chi connectivity index (χ0v) is 10.1. The Hall–Kier alpha value is -2.20. The molecule has 4 N–H and O–H groups in total. The standard InChI is InChI=1S/C13H11ClN2O2/c14-9-2-4-10(5-3-9)18-12-6-1-8(13(16)17)7-11(12)15/h1-7H,15H2,(H2,16,17). The highest BCUT2D eigenvalue weighted by Crippen LogP contribution is 2.28. The maximum absolute atomic E-state index is 11.0. The maximum atomic E-state index is 11.0. The molecule has 0 atom stereocenters. The first-order chi connectivity index (χ1) is 8.56. The molecule has 0 spiro atoms. The normalized spacial score (nSPS) is 10.1. The second-order valence-corrected chi connectivity index (χ2v) is 4.11. The van der Waals surface area contributed by atoms with E-state index < -0.39 is 5.91 Å². The van der Waals surface area contributed by atoms with Crippen LogP contribution in [0.1, 0.15) is 10.4 Å². The number of anilines is 1. The number of halogens is 1. The summed E-state index contributed by atoms with van der Waals surface area (Å²) < 4.78 is 5.56. The van der Waals surface area contributed by atoms with Crippen molar-refractivity contribution in [1.29, 1.82) is 0 Å². The number of nitrogen functional groups attached to an aromatic ring is 1. The van der Waals surface area contributed by atoms with Gasteiger partial charge in [0.2, 0.25) is 5.91 Å². The van der Waals surface area contributed by atoms with Crippen molar-refractivity contribution < 1.29 is 9.53 Å². The minimum atomic E-state index is -0.528. The lowest BCUT2D eigenvalue weighted by molar-refractivity contribution is 0.100. The number of ether oxygens (including phenoxy) is 1. The van der Waals surface area contributed by atoms with E-state index in [1.807, 2.05) is 0 Å². The van der Waals surface area contributed by atoms with Crippen molar-refractivity contribution in [2.24, 2.45) is 5.73 Å². The summed E-state index contributed by atoms with van der Waals surface area (Å²) in [5, 5.41) is 0.624. The summed E-state index contributed by atoms with van der Waals surface area (Å²) in [6.45, 7) is 0. The van der Waals surface area contributed by atoms with Crippen LogP contribution >= 0.6 is 11.6 Å². The average molecular weight is 263 g/mol. The number of nitrogens with two attached hydrogens (primary N) is 2. The number of carbonyl (C=O) groups excluding carboxylic acids is 1. The fourth-order valence-electron chi connectivity index (χ4n) is 1.42. The molecule has 1 amide bonds. The van der Waals surface area contributed by atoms with Gasteiger partial charge in [-0.3, -0.25) is 4.79 Å². The Labute approximate surface area is 109 Å². The predicted molar refractivity (Wildman–Crippen MR) is 70.9 cm³/mol. The van der Waals surface area contributed by atoms with Crippen molar-refractivity contribution in [3.63, 3.8) is 0 Å². The Balaban J connectivity index is 2.24. The topological polar surface area (TPSA) is 78.3 Å². The quantitative estimate of drug-likeness (QED) is 0.835. The zero-order chi connectivity index (χ0) is 13.1. The molecule has 4 nitrogen and oxygen atoms in total. The first-order valence-electron chi connectivity index (χ1n) is 5.19. The molecule has 0 aromatic heterocycles. The Morgan fingerprint density at radius 1 is 1.11 bits per heavy atom. The first-order valence-corrected chi connectivity index (χ1v) is 5.57. The zero-order valence-electron chi connectivity index (χ0n) is 9.39. The van der Waals surface area contributed by atoms with Crippen LogP contribution in [0, 0.1) is 0 Å². The van der Waals surface area contributed by atoms with E-state index in [1.54, 1.807) is 36.4 Å². The third-order valence-electron chi connectivity index (χ3n) is 2.34. The van der Waals surface area contributed by atoms with E-state index in [-0.39, 0.29) is 0 Å². The van der Waals surface area contributed by atoms with E-state index in [1.165, 1.54) is 6.07 Å². The maximum Gasteiger partial charge on any atom is 0.248 e. The molecular weight excluding hydrogens is 252 g/mol. The largest absolute Gasteiger partial charge is 0.455 e. The van der Waals surface area contributed by atoms with Crippen molar-refractivity contribution in [2.75, 3.05) is 5.73 Å². The van der Waals surface area contributed by atoms with Crippen molar-refractivity contribution in [1.82, 2.24) is 0 Å². The molecule has 0 bridgehead atoms.